The average Bonchev–Trinajstić information content (AvgIpc) is 1.31. The highest BCUT2D eigenvalue weighted by Crippen LogP contribution is 2.24. The molecule has 0 spiro atoms. The summed E-state index contributed by atoms with van der Waals surface area (Å²) < 4.78 is -0.417. The number of alkyl halides is 2. The van der Waals surface area contributed by atoms with Gasteiger partial charge < -0.3 is 0 Å². The van der Waals surface area contributed by atoms with E-state index in [1.807, 2.05) is 13.8 Å². The first-order chi connectivity index (χ1) is 2.94. The monoisotopic (exact) mass is 154 g/mol. The predicted molar refractivity (Wildman–Crippen MR) is 37.8 cm³/mol. The third kappa shape index (κ3) is 3.67. The van der Waals surface area contributed by atoms with E-state index in [2.05, 4.69) is 0 Å². The first kappa shape index (κ1) is 8.11. The Bertz CT molecular complexity index is 55.2. The largest absolute Gasteiger partial charge is 0.271 e. The topological polar surface area (TPSA) is 0 Å². The first-order valence-corrected chi connectivity index (χ1v) is 4.08. The summed E-state index contributed by atoms with van der Waals surface area (Å²) in [6, 6.07) is 0. The highest BCUT2D eigenvalue weighted by atomic mass is 35.5. The average molecular weight is 155 g/mol. The van der Waals surface area contributed by atoms with E-state index in [-0.39, 0.29) is 0 Å². The van der Waals surface area contributed by atoms with Gasteiger partial charge in [0.05, 0.1) is 3.20 Å². The standard InChI is InChI=1S/C4H7Cl2.Al.2H/c1-3(2)4(5)6;;;/h3H,1-2H3;;;. The van der Waals surface area contributed by atoms with Crippen LogP contribution in [0.25, 0.3) is 0 Å². The Morgan fingerprint density at radius 1 is 1.43 bits per heavy atom. The van der Waals surface area contributed by atoms with Crippen LogP contribution >= 0.6 is 23.2 Å². The minimum Gasteiger partial charge on any atom is -0.120 e. The summed E-state index contributed by atoms with van der Waals surface area (Å²) in [6.07, 6.45) is 0. The van der Waals surface area contributed by atoms with Crippen molar-refractivity contribution < 1.29 is 0 Å². The Kier molecular flexibility index (Phi) is 3.01. The third-order valence-corrected chi connectivity index (χ3v) is 3.04. The van der Waals surface area contributed by atoms with Crippen LogP contribution in [0.5, 0.6) is 0 Å². The highest BCUT2D eigenvalue weighted by molar-refractivity contribution is 6.65. The Morgan fingerprint density at radius 2 is 1.57 bits per heavy atom. The zero-order valence-electron chi connectivity index (χ0n) is 4.83. The molecule has 0 nitrogen and oxygen atoms in total. The summed E-state index contributed by atoms with van der Waals surface area (Å²) in [4.78, 5) is 0. The van der Waals surface area contributed by atoms with Gasteiger partial charge in [-0.25, -0.2) is 0 Å². The molecule has 0 unspecified atom stereocenters. The quantitative estimate of drug-likeness (QED) is 0.396. The molecule has 0 heterocycles. The Labute approximate surface area is 62.6 Å². The predicted octanol–water partition coefficient (Wildman–Crippen LogP) is 1.41. The van der Waals surface area contributed by atoms with Gasteiger partial charge in [-0.2, -0.15) is 0 Å². The molecule has 0 amide bonds. The third-order valence-electron chi connectivity index (χ3n) is 1.01. The van der Waals surface area contributed by atoms with Gasteiger partial charge in [0.1, 0.15) is 0 Å². The molecule has 0 aliphatic heterocycles. The lowest BCUT2D eigenvalue weighted by Crippen LogP contribution is -2.19. The van der Waals surface area contributed by atoms with Crippen LogP contribution in [-0.4, -0.2) is 19.5 Å². The van der Waals surface area contributed by atoms with Crippen molar-refractivity contribution in [1.82, 2.24) is 0 Å². The van der Waals surface area contributed by atoms with Crippen LogP contribution in [0.2, 0.25) is 0 Å². The van der Waals surface area contributed by atoms with Crippen molar-refractivity contribution in [2.75, 3.05) is 0 Å². The molecule has 0 aromatic rings. The van der Waals surface area contributed by atoms with E-state index < -0.39 is 3.20 Å². The van der Waals surface area contributed by atoms with Crippen molar-refractivity contribution in [3.63, 3.8) is 0 Å². The fourth-order valence-electron chi connectivity index (χ4n) is 0. The molecule has 0 saturated heterocycles. The molecular weight excluding hydrogens is 146 g/mol. The van der Waals surface area contributed by atoms with Crippen LogP contribution in [-0.2, 0) is 0 Å². The maximum atomic E-state index is 5.70. The lowest BCUT2D eigenvalue weighted by molar-refractivity contribution is 0.669. The van der Waals surface area contributed by atoms with Crippen molar-refractivity contribution in [3.05, 3.63) is 0 Å². The Hall–Kier alpha value is 1.11. The van der Waals surface area contributed by atoms with Crippen LogP contribution in [0.4, 0.5) is 0 Å². The summed E-state index contributed by atoms with van der Waals surface area (Å²) in [6.45, 7) is 4.04. The van der Waals surface area contributed by atoms with E-state index in [4.69, 9.17) is 23.2 Å². The van der Waals surface area contributed by atoms with Crippen molar-refractivity contribution in [2.24, 2.45) is 5.92 Å². The molecule has 3 heteroatoms. The first-order valence-electron chi connectivity index (χ1n) is 2.32. The van der Waals surface area contributed by atoms with Crippen LogP contribution in [0.15, 0.2) is 0 Å². The van der Waals surface area contributed by atoms with Crippen LogP contribution in [0.1, 0.15) is 13.8 Å². The van der Waals surface area contributed by atoms with E-state index in [0.717, 1.165) is 16.3 Å². The van der Waals surface area contributed by atoms with Crippen molar-refractivity contribution in [3.8, 4) is 0 Å². The second-order valence-corrected chi connectivity index (χ2v) is 6.72. The summed E-state index contributed by atoms with van der Waals surface area (Å²) in [5.74, 6) is 0.391. The van der Waals surface area contributed by atoms with Crippen LogP contribution in [0.3, 0.4) is 0 Å². The second kappa shape index (κ2) is 2.60. The number of halogens is 2. The van der Waals surface area contributed by atoms with Gasteiger partial charge in [0.15, 0.2) is 0 Å². The molecule has 7 heavy (non-hydrogen) atoms. The number of hydrogen-bond donors (Lipinski definition) is 0. The van der Waals surface area contributed by atoms with Crippen LogP contribution < -0.4 is 0 Å². The zero-order valence-corrected chi connectivity index (χ0v) is 8.35. The van der Waals surface area contributed by atoms with Gasteiger partial charge in [0, 0.05) is 0 Å². The van der Waals surface area contributed by atoms with Gasteiger partial charge in [-0.05, 0) is 5.92 Å². The highest BCUT2D eigenvalue weighted by Gasteiger charge is 2.20. The van der Waals surface area contributed by atoms with Crippen molar-refractivity contribution in [2.45, 2.75) is 17.0 Å². The fraction of sp³-hybridized carbons (Fsp3) is 1.00. The Balaban J connectivity index is 3.54. The van der Waals surface area contributed by atoms with Crippen molar-refractivity contribution >= 4 is 39.5 Å². The van der Waals surface area contributed by atoms with E-state index in [9.17, 15) is 0 Å². The van der Waals surface area contributed by atoms with E-state index in [1.165, 1.54) is 0 Å². The molecule has 0 atom stereocenters. The smallest absolute Gasteiger partial charge is 0.120 e. The second-order valence-electron chi connectivity index (χ2n) is 2.11. The summed E-state index contributed by atoms with van der Waals surface area (Å²) in [5, 5.41) is 0. The number of rotatable bonds is 1. The summed E-state index contributed by atoms with van der Waals surface area (Å²) in [7, 11) is 0. The summed E-state index contributed by atoms with van der Waals surface area (Å²) in [5.41, 5.74) is 0. The fourth-order valence-corrected chi connectivity index (χ4v) is 0. The van der Waals surface area contributed by atoms with Gasteiger partial charge in [-0.1, -0.05) is 13.8 Å². The molecular formula is C4H9AlCl2. The normalized spacial score (nSPS) is 12.7. The Morgan fingerprint density at radius 3 is 1.57 bits per heavy atom. The van der Waals surface area contributed by atoms with Gasteiger partial charge in [-0.15, -0.1) is 23.2 Å². The molecule has 0 saturated carbocycles. The maximum Gasteiger partial charge on any atom is 0.271 e. The lowest BCUT2D eigenvalue weighted by atomic mass is 10.3. The number of hydrogen-bond acceptors (Lipinski definition) is 0. The molecule has 0 aliphatic carbocycles. The molecule has 0 aromatic heterocycles. The van der Waals surface area contributed by atoms with Gasteiger partial charge in [-0.3, -0.25) is 0 Å². The molecule has 0 N–H and O–H groups in total. The molecule has 0 aliphatic rings. The van der Waals surface area contributed by atoms with Gasteiger partial charge >= 0.3 is 0 Å². The maximum absolute atomic E-state index is 5.70. The molecule has 0 rings (SSSR count). The minimum absolute atomic E-state index is 0.391. The van der Waals surface area contributed by atoms with Gasteiger partial charge in [0.2, 0.25) is 0 Å². The molecule has 0 aromatic carbocycles. The van der Waals surface area contributed by atoms with Crippen LogP contribution in [0, 0.1) is 5.92 Å². The molecule has 0 fully saturated rings. The molecule has 0 bridgehead atoms. The molecule has 42 valence electrons. The summed E-state index contributed by atoms with van der Waals surface area (Å²) >= 11 is 12.2. The van der Waals surface area contributed by atoms with E-state index >= 15 is 0 Å². The SMILES string of the molecule is CC(C)[C]([AlH2])(Cl)Cl. The molecule has 0 radical (unpaired) electrons. The van der Waals surface area contributed by atoms with E-state index in [0.29, 0.717) is 5.92 Å². The van der Waals surface area contributed by atoms with E-state index in [1.54, 1.807) is 0 Å². The minimum atomic E-state index is -0.417. The van der Waals surface area contributed by atoms with Crippen molar-refractivity contribution in [1.29, 1.82) is 0 Å². The van der Waals surface area contributed by atoms with Gasteiger partial charge in [0.25, 0.3) is 16.3 Å². The lowest BCUT2D eigenvalue weighted by Gasteiger charge is -2.17. The zero-order chi connectivity index (χ0) is 6.08.